The molecule has 0 aliphatic carbocycles. The van der Waals surface area contributed by atoms with Crippen LogP contribution in [0, 0.1) is 0 Å². The fourth-order valence-corrected chi connectivity index (χ4v) is 1.73. The smallest absolute Gasteiger partial charge is 0.248 e. The lowest BCUT2D eigenvalue weighted by Crippen LogP contribution is -2.59. The Morgan fingerprint density at radius 2 is 2.27 bits per heavy atom. The summed E-state index contributed by atoms with van der Waals surface area (Å²) in [6.07, 6.45) is 2.04. The second kappa shape index (κ2) is 5.72. The highest BCUT2D eigenvalue weighted by atomic mass is 32.2. The number of hydrogen-bond donors (Lipinski definition) is 1. The minimum absolute atomic E-state index is 0.0668. The van der Waals surface area contributed by atoms with Gasteiger partial charge < -0.3 is 15.0 Å². The molecular weight excluding hydrogens is 212 g/mol. The van der Waals surface area contributed by atoms with Crippen LogP contribution >= 0.6 is 11.8 Å². The van der Waals surface area contributed by atoms with Gasteiger partial charge in [-0.3, -0.25) is 4.79 Å². The summed E-state index contributed by atoms with van der Waals surface area (Å²) in [4.78, 5) is 13.3. The van der Waals surface area contributed by atoms with Gasteiger partial charge in [0, 0.05) is 32.4 Å². The van der Waals surface area contributed by atoms with E-state index in [9.17, 15) is 4.79 Å². The highest BCUT2D eigenvalue weighted by Crippen LogP contribution is 2.14. The molecule has 1 N–H and O–H groups in total. The van der Waals surface area contributed by atoms with Crippen LogP contribution in [0.15, 0.2) is 0 Å². The van der Waals surface area contributed by atoms with Crippen molar-refractivity contribution in [3.63, 3.8) is 0 Å². The van der Waals surface area contributed by atoms with Crippen LogP contribution in [0.25, 0.3) is 0 Å². The van der Waals surface area contributed by atoms with E-state index < -0.39 is 0 Å². The first-order valence-electron chi connectivity index (χ1n) is 5.15. The number of thioether (sulfide) groups is 1. The van der Waals surface area contributed by atoms with E-state index >= 15 is 0 Å². The van der Waals surface area contributed by atoms with Gasteiger partial charge in [-0.25, -0.2) is 0 Å². The lowest BCUT2D eigenvalue weighted by atomic mass is 10.0. The summed E-state index contributed by atoms with van der Waals surface area (Å²) in [6, 6.07) is 0. The molecule has 0 radical (unpaired) electrons. The van der Waals surface area contributed by atoms with Crippen LogP contribution in [0.4, 0.5) is 0 Å². The summed E-state index contributed by atoms with van der Waals surface area (Å²) in [5.41, 5.74) is -0.129. The van der Waals surface area contributed by atoms with Gasteiger partial charge in [-0.15, -0.1) is 0 Å². The molecule has 0 bridgehead atoms. The molecule has 1 heterocycles. The number of carbonyl (C=O) groups excluding carboxylic acids is 1. The molecule has 0 spiro atoms. The minimum atomic E-state index is -0.129. The van der Waals surface area contributed by atoms with Gasteiger partial charge in [-0.1, -0.05) is 0 Å². The lowest BCUT2D eigenvalue weighted by Gasteiger charge is -2.39. The Morgan fingerprint density at radius 1 is 1.60 bits per heavy atom. The van der Waals surface area contributed by atoms with E-state index in [-0.39, 0.29) is 18.1 Å². The lowest BCUT2D eigenvalue weighted by molar-refractivity contribution is -0.144. The molecule has 88 valence electrons. The third-order valence-corrected chi connectivity index (χ3v) is 3.19. The number of hydrogen-bond acceptors (Lipinski definition) is 4. The summed E-state index contributed by atoms with van der Waals surface area (Å²) in [6.45, 7) is 4.70. The molecule has 1 fully saturated rings. The van der Waals surface area contributed by atoms with Crippen molar-refractivity contribution < 1.29 is 9.53 Å². The molecule has 15 heavy (non-hydrogen) atoms. The second-order valence-electron chi connectivity index (χ2n) is 4.15. The normalized spacial score (nSPS) is 18.3. The molecule has 0 aromatic carbocycles. The van der Waals surface area contributed by atoms with E-state index in [4.69, 9.17) is 4.74 Å². The Morgan fingerprint density at radius 3 is 2.73 bits per heavy atom. The van der Waals surface area contributed by atoms with Gasteiger partial charge in [0.05, 0.1) is 5.60 Å². The molecule has 1 aliphatic heterocycles. The van der Waals surface area contributed by atoms with E-state index in [0.717, 1.165) is 25.4 Å². The van der Waals surface area contributed by atoms with Crippen molar-refractivity contribution in [2.24, 2.45) is 0 Å². The average molecular weight is 232 g/mol. The zero-order valence-electron chi connectivity index (χ0n) is 9.71. The topological polar surface area (TPSA) is 41.6 Å². The van der Waals surface area contributed by atoms with Gasteiger partial charge in [0.15, 0.2) is 0 Å². The molecule has 1 aliphatic rings. The third kappa shape index (κ3) is 4.01. The minimum Gasteiger partial charge on any atom is -0.363 e. The van der Waals surface area contributed by atoms with Crippen LogP contribution in [0.1, 0.15) is 6.92 Å². The van der Waals surface area contributed by atoms with Crippen molar-refractivity contribution in [3.8, 4) is 0 Å². The van der Waals surface area contributed by atoms with Crippen LogP contribution in [0.2, 0.25) is 0 Å². The van der Waals surface area contributed by atoms with Crippen molar-refractivity contribution in [2.75, 3.05) is 45.3 Å². The number of ether oxygens (including phenoxy) is 1. The number of nitrogens with one attached hydrogen (secondary N) is 1. The highest BCUT2D eigenvalue weighted by molar-refractivity contribution is 7.98. The molecule has 1 saturated heterocycles. The first kappa shape index (κ1) is 12.8. The maximum absolute atomic E-state index is 11.6. The largest absolute Gasteiger partial charge is 0.363 e. The summed E-state index contributed by atoms with van der Waals surface area (Å²) >= 11 is 1.74. The second-order valence-corrected chi connectivity index (χ2v) is 5.14. The molecule has 5 heteroatoms. The van der Waals surface area contributed by atoms with Crippen molar-refractivity contribution in [2.45, 2.75) is 12.5 Å². The Labute approximate surface area is 95.7 Å². The average Bonchev–Trinajstić information content (AvgIpc) is 2.19. The molecule has 0 atom stereocenters. The molecule has 1 rings (SSSR count). The summed E-state index contributed by atoms with van der Waals surface area (Å²) < 4.78 is 5.57. The molecule has 1 amide bonds. The van der Waals surface area contributed by atoms with Crippen molar-refractivity contribution in [3.05, 3.63) is 0 Å². The first-order chi connectivity index (χ1) is 7.07. The Hall–Kier alpha value is -0.260. The standard InChI is InChI=1S/C10H20N2O2S/c1-10(7-11-8-10)14-6-9(13)12(2)4-5-15-3/h11H,4-8H2,1-3H3. The molecule has 0 aromatic heterocycles. The van der Waals surface area contributed by atoms with Gasteiger partial charge in [0.1, 0.15) is 6.61 Å². The van der Waals surface area contributed by atoms with Gasteiger partial charge in [0.2, 0.25) is 5.91 Å². The van der Waals surface area contributed by atoms with E-state index in [0.29, 0.717) is 0 Å². The van der Waals surface area contributed by atoms with Gasteiger partial charge in [0.25, 0.3) is 0 Å². The van der Waals surface area contributed by atoms with Crippen LogP contribution in [0.5, 0.6) is 0 Å². The number of likely N-dealkylation sites (N-methyl/N-ethyl adjacent to an activating group) is 1. The summed E-state index contributed by atoms with van der Waals surface area (Å²) in [5.74, 6) is 1.04. The van der Waals surface area contributed by atoms with Crippen molar-refractivity contribution >= 4 is 17.7 Å². The Bertz CT molecular complexity index is 219. The maximum Gasteiger partial charge on any atom is 0.248 e. The third-order valence-electron chi connectivity index (χ3n) is 2.60. The summed E-state index contributed by atoms with van der Waals surface area (Å²) in [7, 11) is 1.82. The SMILES string of the molecule is CSCCN(C)C(=O)COC1(C)CNC1. The maximum atomic E-state index is 11.6. The zero-order chi connectivity index (χ0) is 11.3. The fraction of sp³-hybridized carbons (Fsp3) is 0.900. The predicted octanol–water partition coefficient (Wildman–Crippen LogP) is 0.186. The van der Waals surface area contributed by atoms with Crippen molar-refractivity contribution in [1.29, 1.82) is 0 Å². The summed E-state index contributed by atoms with van der Waals surface area (Å²) in [5, 5.41) is 3.14. The first-order valence-corrected chi connectivity index (χ1v) is 6.54. The highest BCUT2D eigenvalue weighted by Gasteiger charge is 2.33. The van der Waals surface area contributed by atoms with Crippen LogP contribution in [-0.4, -0.2) is 61.7 Å². The van der Waals surface area contributed by atoms with E-state index in [1.807, 2.05) is 20.2 Å². The zero-order valence-corrected chi connectivity index (χ0v) is 10.5. The van der Waals surface area contributed by atoms with Gasteiger partial charge in [-0.2, -0.15) is 11.8 Å². The van der Waals surface area contributed by atoms with Gasteiger partial charge in [-0.05, 0) is 13.2 Å². The quantitative estimate of drug-likeness (QED) is 0.710. The number of amides is 1. The van der Waals surface area contributed by atoms with Crippen LogP contribution in [0.3, 0.4) is 0 Å². The number of rotatable bonds is 6. The molecule has 0 aromatic rings. The molecule has 0 saturated carbocycles. The number of nitrogens with zero attached hydrogens (tertiary/aromatic N) is 1. The van der Waals surface area contributed by atoms with Crippen molar-refractivity contribution in [1.82, 2.24) is 10.2 Å². The number of carbonyl (C=O) groups is 1. The van der Waals surface area contributed by atoms with Crippen LogP contribution in [-0.2, 0) is 9.53 Å². The van der Waals surface area contributed by atoms with E-state index in [1.165, 1.54) is 0 Å². The Kier molecular flexibility index (Phi) is 4.89. The molecular formula is C10H20N2O2S. The molecule has 0 unspecified atom stereocenters. The molecule has 4 nitrogen and oxygen atoms in total. The van der Waals surface area contributed by atoms with Crippen LogP contribution < -0.4 is 5.32 Å². The monoisotopic (exact) mass is 232 g/mol. The van der Waals surface area contributed by atoms with E-state index in [2.05, 4.69) is 5.32 Å². The van der Waals surface area contributed by atoms with E-state index in [1.54, 1.807) is 16.7 Å². The predicted molar refractivity (Wildman–Crippen MR) is 63.2 cm³/mol. The van der Waals surface area contributed by atoms with Gasteiger partial charge >= 0.3 is 0 Å². The Balaban J connectivity index is 2.17. The fourth-order valence-electron chi connectivity index (χ4n) is 1.28.